The molecule has 3 heterocycles. The van der Waals surface area contributed by atoms with E-state index in [0.29, 0.717) is 24.6 Å². The Labute approximate surface area is 145 Å². The lowest BCUT2D eigenvalue weighted by Crippen LogP contribution is -2.44. The van der Waals surface area contributed by atoms with Gasteiger partial charge in [0.05, 0.1) is 0 Å². The molecule has 2 aromatic heterocycles. The molecule has 0 bridgehead atoms. The molecule has 1 saturated heterocycles. The van der Waals surface area contributed by atoms with Crippen molar-refractivity contribution in [2.75, 3.05) is 19.7 Å². The Morgan fingerprint density at radius 3 is 2.88 bits per heavy atom. The second-order valence-electron chi connectivity index (χ2n) is 6.42. The van der Waals surface area contributed by atoms with Crippen LogP contribution in [-0.4, -0.2) is 45.8 Å². The van der Waals surface area contributed by atoms with Gasteiger partial charge in [-0.05, 0) is 36.1 Å². The highest BCUT2D eigenvalue weighted by molar-refractivity contribution is 7.08. The fraction of sp³-hybridized carbons (Fsp3) is 0.588. The van der Waals surface area contributed by atoms with Crippen molar-refractivity contribution in [3.8, 4) is 11.4 Å². The normalized spacial score (nSPS) is 17.2. The van der Waals surface area contributed by atoms with E-state index in [2.05, 4.69) is 17.1 Å². The number of nitrogens with zero attached hydrogens (tertiary/aromatic N) is 3. The Morgan fingerprint density at radius 2 is 2.25 bits per heavy atom. The quantitative estimate of drug-likeness (QED) is 0.867. The summed E-state index contributed by atoms with van der Waals surface area (Å²) in [6, 6.07) is 1.94. The number of thiophene rings is 1. The van der Waals surface area contributed by atoms with E-state index in [0.717, 1.165) is 37.9 Å². The third-order valence-electron chi connectivity index (χ3n) is 5.06. The van der Waals surface area contributed by atoms with Crippen LogP contribution in [0.3, 0.4) is 0 Å². The minimum absolute atomic E-state index is 0.00129. The first-order chi connectivity index (χ1) is 11.7. The van der Waals surface area contributed by atoms with Crippen LogP contribution in [-0.2, 0) is 11.2 Å². The van der Waals surface area contributed by atoms with Gasteiger partial charge in [0.15, 0.2) is 0 Å². The van der Waals surface area contributed by atoms with Gasteiger partial charge < -0.3 is 14.5 Å². The fourth-order valence-corrected chi connectivity index (χ4v) is 3.73. The van der Waals surface area contributed by atoms with Crippen molar-refractivity contribution in [3.05, 3.63) is 22.7 Å². The topological polar surface area (TPSA) is 79.5 Å². The summed E-state index contributed by atoms with van der Waals surface area (Å²) in [7, 11) is 0. The predicted molar refractivity (Wildman–Crippen MR) is 91.6 cm³/mol. The summed E-state index contributed by atoms with van der Waals surface area (Å²) in [5, 5.41) is 17.5. The van der Waals surface area contributed by atoms with E-state index in [1.165, 1.54) is 0 Å². The maximum atomic E-state index is 12.4. The van der Waals surface area contributed by atoms with Gasteiger partial charge in [-0.2, -0.15) is 16.3 Å². The van der Waals surface area contributed by atoms with Crippen molar-refractivity contribution in [2.45, 2.75) is 39.0 Å². The van der Waals surface area contributed by atoms with Crippen LogP contribution in [0.4, 0.5) is 0 Å². The molecule has 1 N–H and O–H groups in total. The Kier molecular flexibility index (Phi) is 5.30. The van der Waals surface area contributed by atoms with Crippen LogP contribution in [0.25, 0.3) is 11.4 Å². The maximum Gasteiger partial charge on any atom is 0.227 e. The van der Waals surface area contributed by atoms with Gasteiger partial charge in [0, 0.05) is 43.5 Å². The van der Waals surface area contributed by atoms with Gasteiger partial charge >= 0.3 is 0 Å². The van der Waals surface area contributed by atoms with E-state index in [1.807, 2.05) is 21.7 Å². The van der Waals surface area contributed by atoms with Crippen molar-refractivity contribution in [3.63, 3.8) is 0 Å². The molecule has 0 radical (unpaired) electrons. The van der Waals surface area contributed by atoms with E-state index in [4.69, 9.17) is 4.52 Å². The number of aliphatic hydroxyl groups excluding tert-OH is 1. The van der Waals surface area contributed by atoms with Crippen LogP contribution in [0.5, 0.6) is 0 Å². The minimum Gasteiger partial charge on any atom is -0.396 e. The molecule has 0 atom stereocenters. The lowest BCUT2D eigenvalue weighted by atomic mass is 9.77. The number of carbonyl (C=O) groups is 1. The largest absolute Gasteiger partial charge is 0.396 e. The third kappa shape index (κ3) is 3.67. The number of rotatable bonds is 6. The highest BCUT2D eigenvalue weighted by Crippen LogP contribution is 2.34. The van der Waals surface area contributed by atoms with E-state index >= 15 is 0 Å². The van der Waals surface area contributed by atoms with Gasteiger partial charge in [-0.1, -0.05) is 12.1 Å². The van der Waals surface area contributed by atoms with Gasteiger partial charge in [-0.3, -0.25) is 4.79 Å². The summed E-state index contributed by atoms with van der Waals surface area (Å²) in [6.45, 7) is 3.75. The molecule has 1 aliphatic rings. The second kappa shape index (κ2) is 7.44. The lowest BCUT2D eigenvalue weighted by Gasteiger charge is -2.40. The molecule has 6 nitrogen and oxygen atoms in total. The third-order valence-corrected chi connectivity index (χ3v) is 5.75. The molecule has 0 spiro atoms. The van der Waals surface area contributed by atoms with Crippen LogP contribution >= 0.6 is 11.3 Å². The second-order valence-corrected chi connectivity index (χ2v) is 7.20. The molecule has 7 heteroatoms. The summed E-state index contributed by atoms with van der Waals surface area (Å²) >= 11 is 1.58. The number of piperidine rings is 1. The summed E-state index contributed by atoms with van der Waals surface area (Å²) in [6.07, 6.45) is 3.54. The average molecular weight is 349 g/mol. The van der Waals surface area contributed by atoms with Gasteiger partial charge in [0.1, 0.15) is 0 Å². The SMILES string of the molecule is CCC1(CO)CCN(C(=O)CCc2nc(-c3ccsc3)no2)CC1. The predicted octanol–water partition coefficient (Wildman–Crippen LogP) is 2.74. The fourth-order valence-electron chi connectivity index (χ4n) is 3.09. The molecule has 1 amide bonds. The molecule has 2 aromatic rings. The number of aliphatic hydroxyl groups is 1. The van der Waals surface area contributed by atoms with Crippen molar-refractivity contribution < 1.29 is 14.4 Å². The molecule has 1 fully saturated rings. The first-order valence-electron chi connectivity index (χ1n) is 8.39. The number of amides is 1. The number of hydrogen-bond donors (Lipinski definition) is 1. The van der Waals surface area contributed by atoms with Crippen molar-refractivity contribution in [2.24, 2.45) is 5.41 Å². The average Bonchev–Trinajstić information content (AvgIpc) is 3.31. The summed E-state index contributed by atoms with van der Waals surface area (Å²) in [4.78, 5) is 18.6. The summed E-state index contributed by atoms with van der Waals surface area (Å²) in [5.41, 5.74) is 0.941. The molecule has 0 saturated carbocycles. The number of aromatic nitrogens is 2. The van der Waals surface area contributed by atoms with Crippen LogP contribution < -0.4 is 0 Å². The molecule has 130 valence electrons. The van der Waals surface area contributed by atoms with E-state index in [1.54, 1.807) is 11.3 Å². The monoisotopic (exact) mass is 349 g/mol. The number of hydrogen-bond acceptors (Lipinski definition) is 6. The Bertz CT molecular complexity index is 654. The maximum absolute atomic E-state index is 12.4. The van der Waals surface area contributed by atoms with Crippen molar-refractivity contribution in [1.29, 1.82) is 0 Å². The van der Waals surface area contributed by atoms with Gasteiger partial charge in [0.2, 0.25) is 17.6 Å². The molecular weight excluding hydrogens is 326 g/mol. The zero-order valence-electron chi connectivity index (χ0n) is 13.9. The Hall–Kier alpha value is -1.73. The minimum atomic E-state index is -0.00129. The Balaban J connectivity index is 1.50. The summed E-state index contributed by atoms with van der Waals surface area (Å²) < 4.78 is 5.23. The van der Waals surface area contributed by atoms with Crippen LogP contribution in [0.2, 0.25) is 0 Å². The first kappa shape index (κ1) is 17.1. The van der Waals surface area contributed by atoms with Crippen LogP contribution in [0.15, 0.2) is 21.3 Å². The zero-order valence-corrected chi connectivity index (χ0v) is 14.7. The molecule has 0 aromatic carbocycles. The van der Waals surface area contributed by atoms with Crippen LogP contribution in [0, 0.1) is 5.41 Å². The summed E-state index contributed by atoms with van der Waals surface area (Å²) in [5.74, 6) is 1.19. The van der Waals surface area contributed by atoms with Crippen molar-refractivity contribution in [1.82, 2.24) is 15.0 Å². The van der Waals surface area contributed by atoms with Gasteiger partial charge in [-0.25, -0.2) is 0 Å². The molecule has 3 rings (SSSR count). The molecule has 1 aliphatic heterocycles. The highest BCUT2D eigenvalue weighted by Gasteiger charge is 2.33. The van der Waals surface area contributed by atoms with Crippen molar-refractivity contribution >= 4 is 17.2 Å². The van der Waals surface area contributed by atoms with Gasteiger partial charge in [0.25, 0.3) is 0 Å². The number of carbonyl (C=O) groups excluding carboxylic acids is 1. The Morgan fingerprint density at radius 1 is 1.46 bits per heavy atom. The zero-order chi connectivity index (χ0) is 17.0. The molecular formula is C17H23N3O3S. The molecule has 0 aliphatic carbocycles. The van der Waals surface area contributed by atoms with Gasteiger partial charge in [-0.15, -0.1) is 0 Å². The molecule has 0 unspecified atom stereocenters. The highest BCUT2D eigenvalue weighted by atomic mass is 32.1. The number of aryl methyl sites for hydroxylation is 1. The van der Waals surface area contributed by atoms with E-state index < -0.39 is 0 Å². The van der Waals surface area contributed by atoms with E-state index in [-0.39, 0.29) is 17.9 Å². The lowest BCUT2D eigenvalue weighted by molar-refractivity contribution is -0.134. The standard InChI is InChI=1S/C17H23N3O3S/c1-2-17(12-21)6-8-20(9-7-17)15(22)4-3-14-18-16(19-23-14)13-5-10-24-11-13/h5,10-11,21H,2-4,6-9,12H2,1H3. The van der Waals surface area contributed by atoms with E-state index in [9.17, 15) is 9.90 Å². The van der Waals surface area contributed by atoms with Crippen LogP contribution in [0.1, 0.15) is 38.5 Å². The molecule has 24 heavy (non-hydrogen) atoms. The number of likely N-dealkylation sites (tertiary alicyclic amines) is 1. The smallest absolute Gasteiger partial charge is 0.227 e. The first-order valence-corrected chi connectivity index (χ1v) is 9.34.